The number of sulfonamides is 1. The molecule has 2 saturated heterocycles. The lowest BCUT2D eigenvalue weighted by Gasteiger charge is -2.35. The molecule has 2 fully saturated rings. The van der Waals surface area contributed by atoms with E-state index in [4.69, 9.17) is 23.2 Å². The number of hydrogen-bond acceptors (Lipinski definition) is 4. The molecule has 9 heteroatoms. The molecule has 0 N–H and O–H groups in total. The van der Waals surface area contributed by atoms with Crippen LogP contribution in [0.1, 0.15) is 28.8 Å². The molecule has 2 aromatic rings. The molecular weight excluding hydrogens is 457 g/mol. The van der Waals surface area contributed by atoms with Crippen molar-refractivity contribution in [1.82, 2.24) is 14.1 Å². The molecule has 0 atom stereocenters. The Labute approximate surface area is 193 Å². The lowest BCUT2D eigenvalue weighted by molar-refractivity contribution is 0.0628. The van der Waals surface area contributed by atoms with E-state index in [1.165, 1.54) is 22.0 Å². The maximum absolute atomic E-state index is 13.1. The first-order chi connectivity index (χ1) is 14.8. The Morgan fingerprint density at radius 1 is 0.871 bits per heavy atom. The van der Waals surface area contributed by atoms with Gasteiger partial charge in [0.25, 0.3) is 5.91 Å². The molecule has 4 rings (SSSR count). The average molecular weight is 482 g/mol. The van der Waals surface area contributed by atoms with E-state index in [1.807, 2.05) is 24.3 Å². The fraction of sp³-hybridized carbons (Fsp3) is 0.409. The molecule has 1 amide bonds. The minimum atomic E-state index is -3.69. The summed E-state index contributed by atoms with van der Waals surface area (Å²) in [4.78, 5) is 17.1. The van der Waals surface area contributed by atoms with E-state index in [1.54, 1.807) is 11.0 Å². The summed E-state index contributed by atoms with van der Waals surface area (Å²) >= 11 is 12.2. The van der Waals surface area contributed by atoms with E-state index < -0.39 is 10.0 Å². The van der Waals surface area contributed by atoms with Crippen LogP contribution in [-0.2, 0) is 16.6 Å². The maximum Gasteiger partial charge on any atom is 0.253 e. The second-order valence-electron chi connectivity index (χ2n) is 7.95. The predicted molar refractivity (Wildman–Crippen MR) is 122 cm³/mol. The number of carbonyl (C=O) groups excluding carboxylic acids is 1. The standard InChI is InChI=1S/C22H25Cl2N3O3S/c23-19-6-3-17(4-7-19)16-25-11-13-26(14-12-25)22(28)18-5-8-20(24)21(15-18)31(29,30)27-9-1-2-10-27/h3-8,15H,1-2,9-14,16H2. The number of hydrogen-bond donors (Lipinski definition) is 0. The zero-order chi connectivity index (χ0) is 22.0. The molecule has 2 aliphatic heterocycles. The highest BCUT2D eigenvalue weighted by Gasteiger charge is 2.30. The monoisotopic (exact) mass is 481 g/mol. The fourth-order valence-corrected chi connectivity index (χ4v) is 6.18. The van der Waals surface area contributed by atoms with Crippen LogP contribution in [0, 0.1) is 0 Å². The van der Waals surface area contributed by atoms with E-state index >= 15 is 0 Å². The summed E-state index contributed by atoms with van der Waals surface area (Å²) in [7, 11) is -3.69. The zero-order valence-electron chi connectivity index (χ0n) is 17.1. The van der Waals surface area contributed by atoms with Gasteiger partial charge in [-0.15, -0.1) is 0 Å². The third-order valence-electron chi connectivity index (χ3n) is 5.84. The van der Waals surface area contributed by atoms with Gasteiger partial charge in [-0.3, -0.25) is 9.69 Å². The van der Waals surface area contributed by atoms with Crippen LogP contribution in [-0.4, -0.2) is 67.7 Å². The van der Waals surface area contributed by atoms with Crippen molar-refractivity contribution in [2.45, 2.75) is 24.3 Å². The third-order valence-corrected chi connectivity index (χ3v) is 8.47. The van der Waals surface area contributed by atoms with Crippen LogP contribution >= 0.6 is 23.2 Å². The van der Waals surface area contributed by atoms with Crippen molar-refractivity contribution in [1.29, 1.82) is 0 Å². The van der Waals surface area contributed by atoms with Gasteiger partial charge in [-0.05, 0) is 48.7 Å². The molecular formula is C22H25Cl2N3O3S. The Bertz CT molecular complexity index is 1050. The number of nitrogens with zero attached hydrogens (tertiary/aromatic N) is 3. The van der Waals surface area contributed by atoms with Crippen LogP contribution in [0.2, 0.25) is 10.0 Å². The number of benzene rings is 2. The van der Waals surface area contributed by atoms with Crippen LogP contribution < -0.4 is 0 Å². The van der Waals surface area contributed by atoms with Crippen LogP contribution in [0.3, 0.4) is 0 Å². The second kappa shape index (κ2) is 9.46. The van der Waals surface area contributed by atoms with Crippen LogP contribution in [0.15, 0.2) is 47.4 Å². The molecule has 166 valence electrons. The maximum atomic E-state index is 13.1. The summed E-state index contributed by atoms with van der Waals surface area (Å²) < 4.78 is 27.3. The van der Waals surface area contributed by atoms with Crippen molar-refractivity contribution < 1.29 is 13.2 Å². The highest BCUT2D eigenvalue weighted by Crippen LogP contribution is 2.28. The zero-order valence-corrected chi connectivity index (χ0v) is 19.5. The number of piperazine rings is 1. The molecule has 2 aliphatic rings. The summed E-state index contributed by atoms with van der Waals surface area (Å²) in [5.41, 5.74) is 1.53. The lowest BCUT2D eigenvalue weighted by Crippen LogP contribution is -2.48. The molecule has 0 bridgehead atoms. The van der Waals surface area contributed by atoms with Crippen molar-refractivity contribution in [3.05, 3.63) is 63.6 Å². The van der Waals surface area contributed by atoms with Crippen molar-refractivity contribution in [2.24, 2.45) is 0 Å². The molecule has 0 saturated carbocycles. The summed E-state index contributed by atoms with van der Waals surface area (Å²) in [6, 6.07) is 12.3. The molecule has 31 heavy (non-hydrogen) atoms. The lowest BCUT2D eigenvalue weighted by atomic mass is 10.1. The Morgan fingerprint density at radius 3 is 2.16 bits per heavy atom. The largest absolute Gasteiger partial charge is 0.336 e. The van der Waals surface area contributed by atoms with Crippen molar-refractivity contribution in [3.63, 3.8) is 0 Å². The number of amides is 1. The van der Waals surface area contributed by atoms with Gasteiger partial charge in [0.2, 0.25) is 10.0 Å². The van der Waals surface area contributed by atoms with Gasteiger partial charge in [0.05, 0.1) is 5.02 Å². The summed E-state index contributed by atoms with van der Waals surface area (Å²) in [6.45, 7) is 4.46. The van der Waals surface area contributed by atoms with Gasteiger partial charge in [-0.25, -0.2) is 8.42 Å². The van der Waals surface area contributed by atoms with Crippen molar-refractivity contribution in [3.8, 4) is 0 Å². The van der Waals surface area contributed by atoms with Gasteiger partial charge in [-0.1, -0.05) is 35.3 Å². The molecule has 0 aliphatic carbocycles. The first-order valence-electron chi connectivity index (χ1n) is 10.4. The molecule has 0 radical (unpaired) electrons. The number of carbonyl (C=O) groups is 1. The Balaban J connectivity index is 1.42. The van der Waals surface area contributed by atoms with Gasteiger partial charge in [0.15, 0.2) is 0 Å². The van der Waals surface area contributed by atoms with E-state index in [0.717, 1.165) is 32.5 Å². The number of rotatable bonds is 5. The third kappa shape index (κ3) is 5.07. The predicted octanol–water partition coefficient (Wildman–Crippen LogP) is 3.74. The van der Waals surface area contributed by atoms with Crippen molar-refractivity contribution >= 4 is 39.1 Å². The van der Waals surface area contributed by atoms with E-state index in [-0.39, 0.29) is 15.8 Å². The minimum Gasteiger partial charge on any atom is -0.336 e. The average Bonchev–Trinajstić information content (AvgIpc) is 3.32. The Kier molecular flexibility index (Phi) is 6.89. The fourth-order valence-electron chi connectivity index (χ4n) is 4.04. The van der Waals surface area contributed by atoms with Gasteiger partial charge >= 0.3 is 0 Å². The van der Waals surface area contributed by atoms with Gasteiger partial charge in [0.1, 0.15) is 4.90 Å². The van der Waals surface area contributed by atoms with Crippen LogP contribution in [0.4, 0.5) is 0 Å². The topological polar surface area (TPSA) is 60.9 Å². The first kappa shape index (κ1) is 22.6. The van der Waals surface area contributed by atoms with E-state index in [2.05, 4.69) is 4.90 Å². The summed E-state index contributed by atoms with van der Waals surface area (Å²) in [6.07, 6.45) is 1.69. The van der Waals surface area contributed by atoms with E-state index in [9.17, 15) is 13.2 Å². The minimum absolute atomic E-state index is 0.0169. The van der Waals surface area contributed by atoms with Gasteiger partial charge in [-0.2, -0.15) is 4.31 Å². The van der Waals surface area contributed by atoms with Gasteiger partial charge in [0, 0.05) is 56.4 Å². The number of halogens is 2. The highest BCUT2D eigenvalue weighted by molar-refractivity contribution is 7.89. The highest BCUT2D eigenvalue weighted by atomic mass is 35.5. The normalized spacial score (nSPS) is 18.5. The smallest absolute Gasteiger partial charge is 0.253 e. The first-order valence-corrected chi connectivity index (χ1v) is 12.6. The molecule has 0 aromatic heterocycles. The molecule has 6 nitrogen and oxygen atoms in total. The van der Waals surface area contributed by atoms with Crippen LogP contribution in [0.25, 0.3) is 0 Å². The Morgan fingerprint density at radius 2 is 1.52 bits per heavy atom. The van der Waals surface area contributed by atoms with Crippen molar-refractivity contribution in [2.75, 3.05) is 39.3 Å². The van der Waals surface area contributed by atoms with Crippen LogP contribution in [0.5, 0.6) is 0 Å². The summed E-state index contributed by atoms with van der Waals surface area (Å²) in [5.74, 6) is -0.166. The molecule has 2 heterocycles. The molecule has 0 spiro atoms. The van der Waals surface area contributed by atoms with Gasteiger partial charge < -0.3 is 4.90 Å². The summed E-state index contributed by atoms with van der Waals surface area (Å²) in [5, 5.41) is 0.865. The molecule has 2 aromatic carbocycles. The quantitative estimate of drug-likeness (QED) is 0.652. The second-order valence-corrected chi connectivity index (χ2v) is 10.7. The molecule has 0 unspecified atom stereocenters. The van der Waals surface area contributed by atoms with E-state index in [0.29, 0.717) is 36.8 Å². The Hall–Kier alpha value is -1.64. The SMILES string of the molecule is O=C(c1ccc(Cl)c(S(=O)(=O)N2CCCC2)c1)N1CCN(Cc2ccc(Cl)cc2)CC1.